The molecule has 1 saturated carbocycles. The highest BCUT2D eigenvalue weighted by atomic mass is 16.5. The summed E-state index contributed by atoms with van der Waals surface area (Å²) in [4.78, 5) is 20.3. The molecule has 1 amide bonds. The van der Waals surface area contributed by atoms with Crippen molar-refractivity contribution in [2.24, 2.45) is 5.92 Å². The van der Waals surface area contributed by atoms with E-state index in [2.05, 4.69) is 15.2 Å². The van der Waals surface area contributed by atoms with E-state index in [1.807, 2.05) is 30.3 Å². The quantitative estimate of drug-likeness (QED) is 0.423. The maximum absolute atomic E-state index is 13.8. The molecule has 5 aliphatic rings. The van der Waals surface area contributed by atoms with Gasteiger partial charge in [0, 0.05) is 53.4 Å². The highest BCUT2D eigenvalue weighted by Gasteiger charge is 2.73. The lowest BCUT2D eigenvalue weighted by molar-refractivity contribution is -0.172. The number of phenolic OH excluding ortho intramolecular Hbond substituents is 1. The molecular weight excluding hydrogens is 482 g/mol. The number of aliphatic hydroxyl groups is 2. The number of likely N-dealkylation sites (tertiary alicyclic amines) is 1. The van der Waals surface area contributed by atoms with Crippen LogP contribution >= 0.6 is 0 Å². The fourth-order valence-corrected chi connectivity index (χ4v) is 7.80. The number of aliphatic hydroxyl groups excluding tert-OH is 1. The molecule has 0 unspecified atom stereocenters. The SMILES string of the molecule is O=C(Nc1cccc2cnccc12)C1=C(O)[C@@H]2Oc3c(O)ccc4c3[C@@]23CCN(CC2CC2)[C@H](C4)[C@]3(O)C1. The van der Waals surface area contributed by atoms with Crippen molar-refractivity contribution < 1.29 is 24.9 Å². The number of fused-ring (bicyclic) bond motifs is 1. The second kappa shape index (κ2) is 7.48. The number of nitrogens with one attached hydrogen (secondary N) is 1. The fourth-order valence-electron chi connectivity index (χ4n) is 7.80. The average molecular weight is 512 g/mol. The van der Waals surface area contributed by atoms with Gasteiger partial charge in [0.2, 0.25) is 0 Å². The predicted molar refractivity (Wildman–Crippen MR) is 140 cm³/mol. The predicted octanol–water partition coefficient (Wildman–Crippen LogP) is 3.57. The molecule has 1 aromatic heterocycles. The number of piperidine rings is 1. The van der Waals surface area contributed by atoms with Crippen LogP contribution in [-0.4, -0.2) is 61.9 Å². The van der Waals surface area contributed by atoms with Crippen molar-refractivity contribution in [3.8, 4) is 11.5 Å². The number of amides is 1. The zero-order valence-corrected chi connectivity index (χ0v) is 20.9. The summed E-state index contributed by atoms with van der Waals surface area (Å²) in [6.45, 7) is 1.70. The molecule has 3 aliphatic carbocycles. The van der Waals surface area contributed by atoms with Crippen LogP contribution in [0.5, 0.6) is 11.5 Å². The second-order valence-corrected chi connectivity index (χ2v) is 11.6. The molecule has 0 radical (unpaired) electrons. The summed E-state index contributed by atoms with van der Waals surface area (Å²) in [6, 6.07) is 10.8. The summed E-state index contributed by atoms with van der Waals surface area (Å²) in [6.07, 6.45) is 6.09. The monoisotopic (exact) mass is 511 g/mol. The Morgan fingerprint density at radius 1 is 1.18 bits per heavy atom. The highest BCUT2D eigenvalue weighted by Crippen LogP contribution is 2.66. The van der Waals surface area contributed by atoms with Crippen molar-refractivity contribution in [3.05, 3.63) is 71.3 Å². The highest BCUT2D eigenvalue weighted by molar-refractivity contribution is 6.09. The zero-order chi connectivity index (χ0) is 25.8. The Morgan fingerprint density at radius 3 is 2.89 bits per heavy atom. The molecule has 2 aromatic carbocycles. The minimum absolute atomic E-state index is 0.00287. The van der Waals surface area contributed by atoms with Crippen molar-refractivity contribution in [3.63, 3.8) is 0 Å². The Hall–Kier alpha value is -3.62. The van der Waals surface area contributed by atoms with Crippen LogP contribution in [0.1, 0.15) is 36.8 Å². The van der Waals surface area contributed by atoms with Crippen LogP contribution < -0.4 is 10.1 Å². The normalized spacial score (nSPS) is 31.2. The fraction of sp³-hybridized carbons (Fsp3) is 0.400. The summed E-state index contributed by atoms with van der Waals surface area (Å²) >= 11 is 0. The molecule has 1 spiro atoms. The van der Waals surface area contributed by atoms with Crippen LogP contribution in [0.3, 0.4) is 0 Å². The number of pyridine rings is 1. The van der Waals surface area contributed by atoms with E-state index in [4.69, 9.17) is 4.74 Å². The summed E-state index contributed by atoms with van der Waals surface area (Å²) in [7, 11) is 0. The van der Waals surface area contributed by atoms with Gasteiger partial charge in [-0.15, -0.1) is 0 Å². The number of carbonyl (C=O) groups is 1. The number of nitrogens with zero attached hydrogens (tertiary/aromatic N) is 2. The van der Waals surface area contributed by atoms with Gasteiger partial charge in [-0.1, -0.05) is 18.2 Å². The van der Waals surface area contributed by atoms with Crippen molar-refractivity contribution in [2.75, 3.05) is 18.4 Å². The molecule has 2 fully saturated rings. The van der Waals surface area contributed by atoms with Gasteiger partial charge in [-0.25, -0.2) is 0 Å². The first-order valence-corrected chi connectivity index (χ1v) is 13.5. The zero-order valence-electron chi connectivity index (χ0n) is 20.9. The van der Waals surface area contributed by atoms with Gasteiger partial charge >= 0.3 is 0 Å². The van der Waals surface area contributed by atoms with Crippen molar-refractivity contribution >= 4 is 22.4 Å². The standard InChI is InChI=1S/C30H29N3O5/c34-22-7-6-17-12-23-30(37)13-20(28(36)32-21-3-1-2-18-14-31-10-8-19(18)21)25(35)27-29(30,24(17)26(22)38-27)9-11-33(23)15-16-4-5-16/h1-3,6-8,10,14,16,23,27,34-35,37H,4-5,9,11-13,15H2,(H,32,36)/t23-,27+,29+,30-/m1/s1. The topological polar surface area (TPSA) is 115 Å². The molecule has 4 atom stereocenters. The first kappa shape index (κ1) is 22.4. The Bertz CT molecular complexity index is 1560. The minimum Gasteiger partial charge on any atom is -0.508 e. The van der Waals surface area contributed by atoms with Gasteiger partial charge in [0.15, 0.2) is 17.6 Å². The number of hydrogen-bond acceptors (Lipinski definition) is 7. The number of phenols is 1. The number of carbonyl (C=O) groups excluding carboxylic acids is 1. The van der Waals surface area contributed by atoms with E-state index in [0.29, 0.717) is 30.2 Å². The Balaban J connectivity index is 1.25. The molecule has 8 nitrogen and oxygen atoms in total. The Morgan fingerprint density at radius 2 is 2.05 bits per heavy atom. The van der Waals surface area contributed by atoms with Gasteiger partial charge in [0.05, 0.1) is 16.6 Å². The van der Waals surface area contributed by atoms with E-state index < -0.39 is 23.0 Å². The number of hydrogen-bond donors (Lipinski definition) is 4. The molecule has 4 N–H and O–H groups in total. The van der Waals surface area contributed by atoms with Gasteiger partial charge in [0.25, 0.3) is 5.91 Å². The van der Waals surface area contributed by atoms with Gasteiger partial charge in [0.1, 0.15) is 5.76 Å². The molecule has 194 valence electrons. The number of benzene rings is 2. The van der Waals surface area contributed by atoms with Crippen molar-refractivity contribution in [1.82, 2.24) is 9.88 Å². The van der Waals surface area contributed by atoms with Crippen LogP contribution in [0.25, 0.3) is 10.8 Å². The third-order valence-corrected chi connectivity index (χ3v) is 9.72. The van der Waals surface area contributed by atoms with Crippen LogP contribution in [-0.2, 0) is 16.6 Å². The van der Waals surface area contributed by atoms with Gasteiger partial charge in [-0.05, 0) is 61.9 Å². The number of anilines is 1. The molecule has 1 saturated heterocycles. The molecule has 3 aromatic rings. The number of ether oxygens (including phenoxy) is 1. The third-order valence-electron chi connectivity index (χ3n) is 9.72. The summed E-state index contributed by atoms with van der Waals surface area (Å²) < 4.78 is 6.29. The van der Waals surface area contributed by atoms with E-state index in [1.54, 1.807) is 18.5 Å². The number of rotatable bonds is 4. The van der Waals surface area contributed by atoms with Gasteiger partial charge < -0.3 is 25.4 Å². The molecule has 38 heavy (non-hydrogen) atoms. The third kappa shape index (κ3) is 2.77. The smallest absolute Gasteiger partial charge is 0.255 e. The molecule has 8 heteroatoms. The Labute approximate surface area is 219 Å². The molecule has 2 aliphatic heterocycles. The van der Waals surface area contributed by atoms with Gasteiger partial charge in [-0.3, -0.25) is 14.7 Å². The molecular formula is C30H29N3O5. The van der Waals surface area contributed by atoms with E-state index in [9.17, 15) is 20.1 Å². The van der Waals surface area contributed by atoms with Crippen molar-refractivity contribution in [1.29, 1.82) is 0 Å². The lowest BCUT2D eigenvalue weighted by atomic mass is 9.49. The van der Waals surface area contributed by atoms with E-state index in [1.165, 1.54) is 12.8 Å². The minimum atomic E-state index is -1.33. The first-order chi connectivity index (χ1) is 18.4. The summed E-state index contributed by atoms with van der Waals surface area (Å²) in [5.74, 6) is 0.353. The van der Waals surface area contributed by atoms with Crippen LogP contribution in [0.15, 0.2) is 60.1 Å². The van der Waals surface area contributed by atoms with Crippen molar-refractivity contribution in [2.45, 2.75) is 55.3 Å². The molecule has 8 rings (SSSR count). The lowest BCUT2D eigenvalue weighted by Crippen LogP contribution is -2.75. The largest absolute Gasteiger partial charge is 0.508 e. The Kier molecular flexibility index (Phi) is 4.41. The number of aromatic nitrogens is 1. The first-order valence-electron chi connectivity index (χ1n) is 13.5. The second-order valence-electron chi connectivity index (χ2n) is 11.6. The maximum atomic E-state index is 13.8. The van der Waals surface area contributed by atoms with E-state index >= 15 is 0 Å². The van der Waals surface area contributed by atoms with Crippen LogP contribution in [0, 0.1) is 5.92 Å². The maximum Gasteiger partial charge on any atom is 0.255 e. The average Bonchev–Trinajstić information content (AvgIpc) is 3.66. The molecule has 3 heterocycles. The van der Waals surface area contributed by atoms with Crippen LogP contribution in [0.4, 0.5) is 5.69 Å². The van der Waals surface area contributed by atoms with E-state index in [-0.39, 0.29) is 29.5 Å². The van der Waals surface area contributed by atoms with Crippen LogP contribution in [0.2, 0.25) is 0 Å². The summed E-state index contributed by atoms with van der Waals surface area (Å²) in [5.41, 5.74) is 0.336. The number of aromatic hydroxyl groups is 1. The lowest BCUT2D eigenvalue weighted by Gasteiger charge is -2.62. The van der Waals surface area contributed by atoms with E-state index in [0.717, 1.165) is 35.0 Å². The summed E-state index contributed by atoms with van der Waals surface area (Å²) in [5, 5.41) is 39.8. The molecule has 2 bridgehead atoms. The van der Waals surface area contributed by atoms with Gasteiger partial charge in [-0.2, -0.15) is 0 Å².